The van der Waals surface area contributed by atoms with Gasteiger partial charge in [-0.1, -0.05) is 55.5 Å². The van der Waals surface area contributed by atoms with Gasteiger partial charge in [0.25, 0.3) is 5.91 Å². The van der Waals surface area contributed by atoms with Gasteiger partial charge >= 0.3 is 0 Å². The van der Waals surface area contributed by atoms with Gasteiger partial charge in [-0.3, -0.25) is 9.59 Å². The van der Waals surface area contributed by atoms with E-state index in [2.05, 4.69) is 25.1 Å². The first kappa shape index (κ1) is 21.4. The standard InChI is InChI=1S/C28H29N3O2/c1-19-16-22(18-21-8-4-3-5-9-21)27-24(17-19)26(23-10-6-7-11-25(23)29-27)28(33)31-14-12-30(13-15-31)20(2)32/h3-11,18-19H,12-17H2,1-2H3/b22-18+/t19-/m1/s1. The predicted octanol–water partition coefficient (Wildman–Crippen LogP) is 4.66. The molecule has 1 aliphatic carbocycles. The van der Waals surface area contributed by atoms with E-state index in [1.165, 1.54) is 5.57 Å². The number of carbonyl (C=O) groups is 2. The van der Waals surface area contributed by atoms with Crippen LogP contribution >= 0.6 is 0 Å². The highest BCUT2D eigenvalue weighted by molar-refractivity contribution is 6.09. The Balaban J connectivity index is 1.62. The summed E-state index contributed by atoms with van der Waals surface area (Å²) in [6, 6.07) is 18.3. The van der Waals surface area contributed by atoms with Crippen LogP contribution in [-0.4, -0.2) is 52.8 Å². The van der Waals surface area contributed by atoms with Crippen LogP contribution in [0.2, 0.25) is 0 Å². The zero-order valence-corrected chi connectivity index (χ0v) is 19.3. The number of rotatable bonds is 2. The van der Waals surface area contributed by atoms with Gasteiger partial charge in [-0.2, -0.15) is 0 Å². The van der Waals surface area contributed by atoms with Crippen molar-refractivity contribution in [2.45, 2.75) is 26.7 Å². The molecule has 1 aliphatic heterocycles. The van der Waals surface area contributed by atoms with Crippen LogP contribution in [0, 0.1) is 5.92 Å². The van der Waals surface area contributed by atoms with E-state index in [4.69, 9.17) is 4.98 Å². The lowest BCUT2D eigenvalue weighted by atomic mass is 9.80. The third kappa shape index (κ3) is 4.15. The first-order chi connectivity index (χ1) is 16.0. The van der Waals surface area contributed by atoms with Crippen LogP contribution in [0.4, 0.5) is 0 Å². The molecule has 0 bridgehead atoms. The number of para-hydroxylation sites is 1. The average Bonchev–Trinajstić information content (AvgIpc) is 2.83. The first-order valence-electron chi connectivity index (χ1n) is 11.7. The van der Waals surface area contributed by atoms with Crippen molar-refractivity contribution < 1.29 is 9.59 Å². The summed E-state index contributed by atoms with van der Waals surface area (Å²) >= 11 is 0. The summed E-state index contributed by atoms with van der Waals surface area (Å²) in [5.74, 6) is 0.552. The van der Waals surface area contributed by atoms with Crippen LogP contribution in [0.3, 0.4) is 0 Å². The van der Waals surface area contributed by atoms with Crippen LogP contribution in [0.1, 0.15) is 47.4 Å². The fourth-order valence-electron chi connectivity index (χ4n) is 5.11. The van der Waals surface area contributed by atoms with Gasteiger partial charge in [0, 0.05) is 38.5 Å². The maximum Gasteiger partial charge on any atom is 0.255 e. The van der Waals surface area contributed by atoms with Crippen LogP contribution in [-0.2, 0) is 11.2 Å². The molecule has 5 rings (SSSR count). The van der Waals surface area contributed by atoms with Crippen LogP contribution in [0.5, 0.6) is 0 Å². The molecule has 1 saturated heterocycles. The minimum Gasteiger partial charge on any atom is -0.339 e. The Kier molecular flexibility index (Phi) is 5.71. The summed E-state index contributed by atoms with van der Waals surface area (Å²) in [5, 5.41) is 0.920. The van der Waals surface area contributed by atoms with Crippen molar-refractivity contribution in [3.8, 4) is 0 Å². The number of fused-ring (bicyclic) bond motifs is 2. The van der Waals surface area contributed by atoms with E-state index < -0.39 is 0 Å². The van der Waals surface area contributed by atoms with E-state index in [9.17, 15) is 9.59 Å². The maximum absolute atomic E-state index is 13.9. The topological polar surface area (TPSA) is 53.5 Å². The molecule has 2 heterocycles. The molecule has 2 aliphatic rings. The van der Waals surface area contributed by atoms with Gasteiger partial charge in [0.1, 0.15) is 0 Å². The Bertz CT molecular complexity index is 1240. The monoisotopic (exact) mass is 439 g/mol. The van der Waals surface area contributed by atoms with Gasteiger partial charge in [-0.15, -0.1) is 0 Å². The molecule has 33 heavy (non-hydrogen) atoms. The second-order valence-corrected chi connectivity index (χ2v) is 9.22. The van der Waals surface area contributed by atoms with Crippen LogP contribution in [0.15, 0.2) is 54.6 Å². The fourth-order valence-corrected chi connectivity index (χ4v) is 5.11. The van der Waals surface area contributed by atoms with E-state index in [1.54, 1.807) is 6.92 Å². The Labute approximate surface area is 194 Å². The molecule has 3 aromatic rings. The van der Waals surface area contributed by atoms with Crippen molar-refractivity contribution in [3.63, 3.8) is 0 Å². The van der Waals surface area contributed by atoms with Crippen LogP contribution < -0.4 is 0 Å². The van der Waals surface area contributed by atoms with Gasteiger partial charge in [0.05, 0.1) is 16.8 Å². The highest BCUT2D eigenvalue weighted by Gasteiger charge is 2.31. The summed E-state index contributed by atoms with van der Waals surface area (Å²) in [6.45, 7) is 6.13. The smallest absolute Gasteiger partial charge is 0.255 e. The minimum atomic E-state index is 0.0567. The van der Waals surface area contributed by atoms with E-state index in [0.29, 0.717) is 32.1 Å². The summed E-state index contributed by atoms with van der Waals surface area (Å²) < 4.78 is 0. The van der Waals surface area contributed by atoms with E-state index in [-0.39, 0.29) is 11.8 Å². The lowest BCUT2D eigenvalue weighted by Crippen LogP contribution is -2.50. The summed E-state index contributed by atoms with van der Waals surface area (Å²) in [7, 11) is 0. The van der Waals surface area contributed by atoms with Crippen molar-refractivity contribution in [3.05, 3.63) is 77.0 Å². The molecule has 0 unspecified atom stereocenters. The van der Waals surface area contributed by atoms with Gasteiger partial charge in [0.15, 0.2) is 0 Å². The molecule has 1 atom stereocenters. The maximum atomic E-state index is 13.9. The minimum absolute atomic E-state index is 0.0567. The average molecular weight is 440 g/mol. The Morgan fingerprint density at radius 1 is 0.909 bits per heavy atom. The van der Waals surface area contributed by atoms with Crippen molar-refractivity contribution in [1.82, 2.24) is 14.8 Å². The molecule has 0 N–H and O–H groups in total. The van der Waals surface area contributed by atoms with E-state index in [1.807, 2.05) is 52.3 Å². The number of hydrogen-bond acceptors (Lipinski definition) is 3. The van der Waals surface area contributed by atoms with Crippen LogP contribution in [0.25, 0.3) is 22.6 Å². The Hall–Kier alpha value is -3.47. The Morgan fingerprint density at radius 3 is 2.30 bits per heavy atom. The molecule has 5 nitrogen and oxygen atoms in total. The van der Waals surface area contributed by atoms with Gasteiger partial charge in [0.2, 0.25) is 5.91 Å². The Morgan fingerprint density at radius 2 is 1.58 bits per heavy atom. The second-order valence-electron chi connectivity index (χ2n) is 9.22. The number of pyridine rings is 1. The number of allylic oxidation sites excluding steroid dienone is 1. The molecule has 0 radical (unpaired) electrons. The molecule has 5 heteroatoms. The fraction of sp³-hybridized carbons (Fsp3) is 0.321. The summed E-state index contributed by atoms with van der Waals surface area (Å²) in [5.41, 5.74) is 6.01. The zero-order chi connectivity index (χ0) is 22.9. The summed E-state index contributed by atoms with van der Waals surface area (Å²) in [6.07, 6.45) is 4.00. The lowest BCUT2D eigenvalue weighted by molar-refractivity contribution is -0.130. The number of nitrogens with zero attached hydrogens (tertiary/aromatic N) is 3. The largest absolute Gasteiger partial charge is 0.339 e. The van der Waals surface area contributed by atoms with Gasteiger partial charge in [-0.05, 0) is 47.6 Å². The molecule has 2 aromatic carbocycles. The predicted molar refractivity (Wildman–Crippen MR) is 132 cm³/mol. The van der Waals surface area contributed by atoms with Crippen molar-refractivity contribution in [1.29, 1.82) is 0 Å². The van der Waals surface area contributed by atoms with Gasteiger partial charge < -0.3 is 9.80 Å². The summed E-state index contributed by atoms with van der Waals surface area (Å²) in [4.78, 5) is 34.4. The highest BCUT2D eigenvalue weighted by Crippen LogP contribution is 2.39. The van der Waals surface area contributed by atoms with Crippen molar-refractivity contribution >= 4 is 34.4 Å². The molecule has 0 spiro atoms. The second kappa shape index (κ2) is 8.81. The molecule has 168 valence electrons. The molecular formula is C28H29N3O2. The molecule has 2 amide bonds. The number of hydrogen-bond donors (Lipinski definition) is 0. The van der Waals surface area contributed by atoms with Crippen molar-refractivity contribution in [2.75, 3.05) is 26.2 Å². The molecule has 1 fully saturated rings. The molecule has 1 aromatic heterocycles. The third-order valence-electron chi connectivity index (χ3n) is 6.78. The van der Waals surface area contributed by atoms with Gasteiger partial charge in [-0.25, -0.2) is 4.98 Å². The number of piperazine rings is 1. The number of aromatic nitrogens is 1. The third-order valence-corrected chi connectivity index (χ3v) is 6.78. The number of amides is 2. The van der Waals surface area contributed by atoms with E-state index in [0.717, 1.165) is 46.1 Å². The zero-order valence-electron chi connectivity index (χ0n) is 19.3. The molecule has 0 saturated carbocycles. The normalized spacial score (nSPS) is 19.6. The first-order valence-corrected chi connectivity index (χ1v) is 11.7. The van der Waals surface area contributed by atoms with Crippen molar-refractivity contribution in [2.24, 2.45) is 5.92 Å². The van der Waals surface area contributed by atoms with E-state index >= 15 is 0 Å². The molecular weight excluding hydrogens is 410 g/mol. The SMILES string of the molecule is CC(=O)N1CCN(C(=O)c2c3c(nc4ccccc24)/C(=C/c2ccccc2)C[C@@H](C)C3)CC1. The highest BCUT2D eigenvalue weighted by atomic mass is 16.2. The number of benzene rings is 2. The number of carbonyl (C=O) groups excluding carboxylic acids is 2. The lowest BCUT2D eigenvalue weighted by Gasteiger charge is -2.35. The quantitative estimate of drug-likeness (QED) is 0.584.